The molecule has 0 unspecified atom stereocenters. The molecule has 4 rings (SSSR count). The molecule has 0 aromatic heterocycles. The lowest BCUT2D eigenvalue weighted by Gasteiger charge is -2.38. The summed E-state index contributed by atoms with van der Waals surface area (Å²) in [6, 6.07) is 12.7. The molecule has 0 amide bonds. The third-order valence-corrected chi connectivity index (χ3v) is 6.87. The van der Waals surface area contributed by atoms with Gasteiger partial charge in [0, 0.05) is 23.7 Å². The zero-order chi connectivity index (χ0) is 26.0. The van der Waals surface area contributed by atoms with E-state index in [1.165, 1.54) is 13.2 Å². The van der Waals surface area contributed by atoms with Crippen molar-refractivity contribution < 1.29 is 28.9 Å². The molecule has 1 fully saturated rings. The first-order valence-electron chi connectivity index (χ1n) is 12.2. The van der Waals surface area contributed by atoms with E-state index in [1.807, 2.05) is 38.1 Å². The molecule has 0 bridgehead atoms. The van der Waals surface area contributed by atoms with Crippen LogP contribution in [0.4, 0.5) is 0 Å². The number of phenolic OH excluding ortho intramolecular Hbond substituents is 1. The number of aromatic hydroxyl groups is 1. The van der Waals surface area contributed by atoms with Gasteiger partial charge < -0.3 is 19.3 Å². The summed E-state index contributed by atoms with van der Waals surface area (Å²) in [5.41, 5.74) is 3.46. The second kappa shape index (κ2) is 10.6. The summed E-state index contributed by atoms with van der Waals surface area (Å²) >= 11 is 0. The Hall–Kier alpha value is -3.61. The van der Waals surface area contributed by atoms with Crippen LogP contribution in [0.25, 0.3) is 0 Å². The molecular formula is C29H33NO6. The molecule has 1 heterocycles. The smallest absolute Gasteiger partial charge is 0.336 e. The molecular weight excluding hydrogens is 458 g/mol. The minimum absolute atomic E-state index is 0.00403. The number of hydrogen-bond donors (Lipinski definition) is 1. The van der Waals surface area contributed by atoms with Crippen molar-refractivity contribution in [3.8, 4) is 17.2 Å². The highest BCUT2D eigenvalue weighted by Crippen LogP contribution is 2.47. The Bertz CT molecular complexity index is 1210. The first kappa shape index (κ1) is 25.5. The Morgan fingerprint density at radius 2 is 1.72 bits per heavy atom. The van der Waals surface area contributed by atoms with Gasteiger partial charge in [-0.05, 0) is 60.6 Å². The fourth-order valence-corrected chi connectivity index (χ4v) is 5.12. The highest BCUT2D eigenvalue weighted by Gasteiger charge is 2.46. The van der Waals surface area contributed by atoms with Crippen LogP contribution in [0.3, 0.4) is 0 Å². The summed E-state index contributed by atoms with van der Waals surface area (Å²) in [4.78, 5) is 31.8. The van der Waals surface area contributed by atoms with Crippen molar-refractivity contribution >= 4 is 17.5 Å². The van der Waals surface area contributed by atoms with E-state index in [1.54, 1.807) is 26.2 Å². The van der Waals surface area contributed by atoms with Crippen LogP contribution in [0.5, 0.6) is 17.2 Å². The lowest BCUT2D eigenvalue weighted by Crippen LogP contribution is -2.41. The normalized spacial score (nSPS) is 21.7. The molecule has 0 saturated heterocycles. The topological polar surface area (TPSA) is 94.4 Å². The molecule has 1 aliphatic carbocycles. The Morgan fingerprint density at radius 1 is 1.03 bits per heavy atom. The van der Waals surface area contributed by atoms with E-state index < -0.39 is 17.8 Å². The first-order chi connectivity index (χ1) is 17.2. The minimum atomic E-state index is -0.584. The number of esters is 1. The number of ketones is 1. The van der Waals surface area contributed by atoms with Crippen molar-refractivity contribution in [1.29, 1.82) is 0 Å². The van der Waals surface area contributed by atoms with Gasteiger partial charge in [-0.1, -0.05) is 32.0 Å². The fourth-order valence-electron chi connectivity index (χ4n) is 5.12. The van der Waals surface area contributed by atoms with Gasteiger partial charge in [0.15, 0.2) is 11.5 Å². The van der Waals surface area contributed by atoms with Crippen molar-refractivity contribution in [2.75, 3.05) is 20.8 Å². The second-order valence-electron chi connectivity index (χ2n) is 9.83. The van der Waals surface area contributed by atoms with Crippen LogP contribution >= 0.6 is 0 Å². The summed E-state index contributed by atoms with van der Waals surface area (Å²) in [6.07, 6.45) is 0.954. The number of carbonyl (C=O) groups excluding carboxylic acids is 2. The molecule has 190 valence electrons. The van der Waals surface area contributed by atoms with Gasteiger partial charge >= 0.3 is 5.97 Å². The zero-order valence-electron chi connectivity index (χ0n) is 21.4. The number of aliphatic imine (C=N–C) groups is 1. The Kier molecular flexibility index (Phi) is 7.48. The molecule has 7 heteroatoms. The molecule has 0 radical (unpaired) electrons. The number of ether oxygens (including phenoxy) is 3. The average molecular weight is 492 g/mol. The molecule has 1 saturated carbocycles. The van der Waals surface area contributed by atoms with E-state index in [-0.39, 0.29) is 35.7 Å². The molecule has 1 aliphatic heterocycles. The summed E-state index contributed by atoms with van der Waals surface area (Å²) in [6.45, 7) is 6.01. The molecule has 0 spiro atoms. The van der Waals surface area contributed by atoms with Crippen LogP contribution in [0.2, 0.25) is 0 Å². The van der Waals surface area contributed by atoms with E-state index in [0.29, 0.717) is 29.7 Å². The molecule has 2 aliphatic rings. The number of fused-ring (bicyclic) bond motifs is 1. The Morgan fingerprint density at radius 3 is 2.36 bits per heavy atom. The van der Waals surface area contributed by atoms with Crippen LogP contribution in [-0.4, -0.2) is 43.4 Å². The summed E-state index contributed by atoms with van der Waals surface area (Å²) < 4.78 is 16.2. The number of allylic oxidation sites excluding steroid dienone is 1. The monoisotopic (exact) mass is 491 g/mol. The summed E-state index contributed by atoms with van der Waals surface area (Å²) in [7, 11) is 3.09. The van der Waals surface area contributed by atoms with Crippen molar-refractivity contribution in [1.82, 2.24) is 0 Å². The lowest BCUT2D eigenvalue weighted by molar-refractivity contribution is -0.140. The molecule has 2 aromatic rings. The summed E-state index contributed by atoms with van der Waals surface area (Å²) in [5.74, 6) is -0.394. The number of Topliss-reactive ketones (excluding diaryl/α,β-unsaturated/α-hetero) is 1. The molecule has 36 heavy (non-hydrogen) atoms. The second-order valence-corrected chi connectivity index (χ2v) is 9.83. The largest absolute Gasteiger partial charge is 0.504 e. The number of methoxy groups -OCH3 is 2. The highest BCUT2D eigenvalue weighted by molar-refractivity contribution is 6.12. The van der Waals surface area contributed by atoms with Gasteiger partial charge in [0.05, 0.1) is 32.3 Å². The maximum atomic E-state index is 13.7. The number of rotatable bonds is 7. The maximum Gasteiger partial charge on any atom is 0.336 e. The van der Waals surface area contributed by atoms with Gasteiger partial charge in [0.1, 0.15) is 11.5 Å². The molecule has 2 aromatic carbocycles. The zero-order valence-corrected chi connectivity index (χ0v) is 21.4. The minimum Gasteiger partial charge on any atom is -0.504 e. The van der Waals surface area contributed by atoms with Gasteiger partial charge in [-0.25, -0.2) is 4.79 Å². The number of benzene rings is 2. The van der Waals surface area contributed by atoms with E-state index in [9.17, 15) is 14.7 Å². The number of phenols is 1. The molecule has 7 nitrogen and oxygen atoms in total. The van der Waals surface area contributed by atoms with Crippen LogP contribution in [0.1, 0.15) is 56.6 Å². The van der Waals surface area contributed by atoms with Crippen molar-refractivity contribution in [3.05, 3.63) is 64.9 Å². The number of nitrogens with zero attached hydrogens (tertiary/aromatic N) is 1. The Balaban J connectivity index is 1.77. The van der Waals surface area contributed by atoms with Crippen LogP contribution < -0.4 is 9.47 Å². The van der Waals surface area contributed by atoms with Gasteiger partial charge in [-0.15, -0.1) is 0 Å². The van der Waals surface area contributed by atoms with E-state index in [4.69, 9.17) is 19.2 Å². The predicted octanol–water partition coefficient (Wildman–Crippen LogP) is 5.18. The average Bonchev–Trinajstić information content (AvgIpc) is 2.86. The van der Waals surface area contributed by atoms with Crippen molar-refractivity contribution in [2.24, 2.45) is 16.8 Å². The van der Waals surface area contributed by atoms with Gasteiger partial charge in [0.2, 0.25) is 0 Å². The highest BCUT2D eigenvalue weighted by atomic mass is 16.5. The molecule has 1 N–H and O–H groups in total. The van der Waals surface area contributed by atoms with E-state index in [0.717, 1.165) is 17.0 Å². The fraction of sp³-hybridized carbons (Fsp3) is 0.414. The maximum absolute atomic E-state index is 13.7. The number of hydrogen-bond acceptors (Lipinski definition) is 7. The predicted molar refractivity (Wildman–Crippen MR) is 137 cm³/mol. The third-order valence-electron chi connectivity index (χ3n) is 6.87. The third kappa shape index (κ3) is 5.01. The van der Waals surface area contributed by atoms with Gasteiger partial charge in [-0.3, -0.25) is 9.79 Å². The SMILES string of the molecule is COc1ccc([C@H]2CC(=O)[C@@H]3C(=NC(C)=C(C(=O)OCC(C)C)[C@H]3c3ccc(O)c(OC)c3)C2)cc1. The van der Waals surface area contributed by atoms with Crippen LogP contribution in [0, 0.1) is 11.8 Å². The first-order valence-corrected chi connectivity index (χ1v) is 12.2. The standard InChI is InChI=1S/C29H33NO6/c1-16(2)15-36-29(33)26-17(3)30-22-12-20(18-6-9-21(34-4)10-7-18)13-24(32)28(22)27(26)19-8-11-23(31)25(14-19)35-5/h6-11,14,16,20,27-28,31H,12-13,15H2,1-5H3/t20-,27-,28+/m1/s1. The molecule has 3 atom stereocenters. The Labute approximate surface area is 211 Å². The van der Waals surface area contributed by atoms with Crippen LogP contribution in [-0.2, 0) is 14.3 Å². The summed E-state index contributed by atoms with van der Waals surface area (Å²) in [5, 5.41) is 10.2. The van der Waals surface area contributed by atoms with E-state index >= 15 is 0 Å². The van der Waals surface area contributed by atoms with Crippen LogP contribution in [0.15, 0.2) is 58.7 Å². The van der Waals surface area contributed by atoms with E-state index in [2.05, 4.69) is 0 Å². The lowest BCUT2D eigenvalue weighted by atomic mass is 9.66. The van der Waals surface area contributed by atoms with Crippen molar-refractivity contribution in [2.45, 2.75) is 45.4 Å². The quantitative estimate of drug-likeness (QED) is 0.536. The van der Waals surface area contributed by atoms with Crippen molar-refractivity contribution in [3.63, 3.8) is 0 Å². The van der Waals surface area contributed by atoms with Gasteiger partial charge in [-0.2, -0.15) is 0 Å². The number of carbonyl (C=O) groups is 2. The van der Waals surface area contributed by atoms with Gasteiger partial charge in [0.25, 0.3) is 0 Å².